The first-order chi connectivity index (χ1) is 15.2. The molecule has 0 aliphatic heterocycles. The highest BCUT2D eigenvalue weighted by Gasteiger charge is 2.55. The van der Waals surface area contributed by atoms with Crippen LogP contribution in [-0.2, 0) is 16.1 Å². The van der Waals surface area contributed by atoms with E-state index in [4.69, 9.17) is 23.1 Å². The lowest BCUT2D eigenvalue weighted by molar-refractivity contribution is -0.131. The number of primary amides is 1. The molecule has 0 radical (unpaired) electrons. The number of aromatic nitrogens is 2. The summed E-state index contributed by atoms with van der Waals surface area (Å²) < 4.78 is 14.3. The first kappa shape index (κ1) is 22.3. The Morgan fingerprint density at radius 3 is 2.81 bits per heavy atom. The molecule has 0 spiro atoms. The highest BCUT2D eigenvalue weighted by atomic mass is 35.5. The normalized spacial score (nSPS) is 26.2. The van der Waals surface area contributed by atoms with Gasteiger partial charge in [-0.2, -0.15) is 4.98 Å². The van der Waals surface area contributed by atoms with Gasteiger partial charge < -0.3 is 21.7 Å². The van der Waals surface area contributed by atoms with Crippen molar-refractivity contribution in [3.05, 3.63) is 47.1 Å². The van der Waals surface area contributed by atoms with Crippen LogP contribution < -0.4 is 16.8 Å². The van der Waals surface area contributed by atoms with E-state index in [1.54, 1.807) is 17.9 Å². The van der Waals surface area contributed by atoms with E-state index < -0.39 is 23.7 Å². The zero-order chi connectivity index (χ0) is 23.0. The minimum Gasteiger partial charge on any atom is -0.399 e. The molecule has 5 atom stereocenters. The van der Waals surface area contributed by atoms with E-state index in [9.17, 15) is 14.0 Å². The first-order valence-electron chi connectivity index (χ1n) is 10.6. The van der Waals surface area contributed by atoms with Gasteiger partial charge in [0.25, 0.3) is 0 Å². The summed E-state index contributed by atoms with van der Waals surface area (Å²) in [5.41, 5.74) is 13.2. The van der Waals surface area contributed by atoms with Crippen molar-refractivity contribution in [1.82, 2.24) is 14.9 Å². The molecule has 1 heterocycles. The molecule has 4 rings (SSSR count). The minimum atomic E-state index is -0.649. The van der Waals surface area contributed by atoms with Crippen molar-refractivity contribution in [1.29, 1.82) is 0 Å². The number of carbonyl (C=O) groups excluding carboxylic acids is 2. The van der Waals surface area contributed by atoms with Gasteiger partial charge in [-0.1, -0.05) is 12.1 Å². The Bertz CT molecular complexity index is 1040. The fraction of sp³-hybridized carbons (Fsp3) is 0.455. The third-order valence-corrected chi connectivity index (χ3v) is 6.90. The monoisotopic (exact) mass is 460 g/mol. The predicted molar refractivity (Wildman–Crippen MR) is 119 cm³/mol. The zero-order valence-corrected chi connectivity index (χ0v) is 18.4. The van der Waals surface area contributed by atoms with E-state index >= 15 is 0 Å². The summed E-state index contributed by atoms with van der Waals surface area (Å²) in [6.45, 7) is 2.52. The zero-order valence-electron chi connectivity index (χ0n) is 17.7. The summed E-state index contributed by atoms with van der Waals surface area (Å²) in [7, 11) is 0. The van der Waals surface area contributed by atoms with Gasteiger partial charge in [0, 0.05) is 31.7 Å². The van der Waals surface area contributed by atoms with Crippen molar-refractivity contribution < 1.29 is 14.0 Å². The average molecular weight is 461 g/mol. The SMILES string of the molecule is CC(=O)N(Cc1cccc(N)c1)CC1C[C@@H]2C[C@H]1[C@@H](Nc1nc(Cl)ncc1F)[C@H]2C(N)=O. The molecule has 2 aliphatic carbocycles. The van der Waals surface area contributed by atoms with Crippen LogP contribution in [0.3, 0.4) is 0 Å². The van der Waals surface area contributed by atoms with Gasteiger partial charge >= 0.3 is 0 Å². The standard InChI is InChI=1S/C22H26ClFN6O2/c1-11(31)30(9-12-3-2-4-15(25)5-12)10-14-6-13-7-16(14)19(18(13)20(26)32)28-21-17(24)8-27-22(23)29-21/h2-5,8,13-14,16,18-19H,6-7,9-10,25H2,1H3,(H2,26,32)(H,27,28,29)/t13-,14?,16-,18+,19-/m1/s1. The summed E-state index contributed by atoms with van der Waals surface area (Å²) in [5.74, 6) is -1.35. The molecule has 1 aromatic carbocycles. The van der Waals surface area contributed by atoms with Crippen molar-refractivity contribution in [2.45, 2.75) is 32.4 Å². The van der Waals surface area contributed by atoms with Crippen molar-refractivity contribution >= 4 is 34.9 Å². The number of nitrogen functional groups attached to an aromatic ring is 1. The second kappa shape index (κ2) is 8.90. The van der Waals surface area contributed by atoms with Crippen molar-refractivity contribution in [3.63, 3.8) is 0 Å². The number of carbonyl (C=O) groups is 2. The molecule has 2 bridgehead atoms. The molecule has 170 valence electrons. The molecule has 5 N–H and O–H groups in total. The Morgan fingerprint density at radius 2 is 2.12 bits per heavy atom. The Balaban J connectivity index is 1.53. The van der Waals surface area contributed by atoms with Gasteiger partial charge in [-0.05, 0) is 59.9 Å². The predicted octanol–water partition coefficient (Wildman–Crippen LogP) is 2.44. The lowest BCUT2D eigenvalue weighted by Crippen LogP contribution is -2.47. The van der Waals surface area contributed by atoms with Crippen LogP contribution in [0.25, 0.3) is 0 Å². The van der Waals surface area contributed by atoms with Crippen LogP contribution in [-0.4, -0.2) is 39.3 Å². The molecule has 8 nitrogen and oxygen atoms in total. The lowest BCUT2D eigenvalue weighted by Gasteiger charge is -2.37. The number of rotatable bonds is 7. The number of nitrogens with two attached hydrogens (primary N) is 2. The number of anilines is 2. The van der Waals surface area contributed by atoms with E-state index in [1.165, 1.54) is 0 Å². The molecule has 2 aromatic rings. The van der Waals surface area contributed by atoms with Crippen LogP contribution in [0.15, 0.2) is 30.5 Å². The number of nitrogens with zero attached hydrogens (tertiary/aromatic N) is 3. The van der Waals surface area contributed by atoms with E-state index in [0.29, 0.717) is 18.8 Å². The molecular formula is C22H26ClFN6O2. The quantitative estimate of drug-likeness (QED) is 0.430. The molecule has 2 amide bonds. The van der Waals surface area contributed by atoms with Crippen LogP contribution >= 0.6 is 11.6 Å². The van der Waals surface area contributed by atoms with Crippen LogP contribution in [0.1, 0.15) is 25.3 Å². The minimum absolute atomic E-state index is 0.0355. The fourth-order valence-electron chi connectivity index (χ4n) is 5.41. The number of hydrogen-bond acceptors (Lipinski definition) is 6. The number of hydrogen-bond donors (Lipinski definition) is 3. The molecule has 2 aliphatic rings. The topological polar surface area (TPSA) is 127 Å². The first-order valence-corrected chi connectivity index (χ1v) is 10.9. The lowest BCUT2D eigenvalue weighted by atomic mass is 9.77. The molecule has 32 heavy (non-hydrogen) atoms. The van der Waals surface area contributed by atoms with Crippen molar-refractivity contribution in [2.24, 2.45) is 29.4 Å². The summed E-state index contributed by atoms with van der Waals surface area (Å²) in [6, 6.07) is 7.06. The number of halogens is 2. The van der Waals surface area contributed by atoms with Crippen LogP contribution in [0.4, 0.5) is 15.9 Å². The smallest absolute Gasteiger partial charge is 0.224 e. The average Bonchev–Trinajstić information content (AvgIpc) is 3.28. The summed E-state index contributed by atoms with van der Waals surface area (Å²) in [6.07, 6.45) is 2.55. The van der Waals surface area contributed by atoms with Crippen LogP contribution in [0, 0.1) is 29.5 Å². The van der Waals surface area contributed by atoms with Gasteiger partial charge in [-0.25, -0.2) is 9.37 Å². The van der Waals surface area contributed by atoms with Gasteiger partial charge in [-0.15, -0.1) is 0 Å². The third-order valence-electron chi connectivity index (χ3n) is 6.71. The van der Waals surface area contributed by atoms with Gasteiger partial charge in [0.15, 0.2) is 11.6 Å². The van der Waals surface area contributed by atoms with Gasteiger partial charge in [0.2, 0.25) is 17.1 Å². The van der Waals surface area contributed by atoms with Crippen molar-refractivity contribution in [2.75, 3.05) is 17.6 Å². The maximum absolute atomic E-state index is 14.3. The van der Waals surface area contributed by atoms with Gasteiger partial charge in [-0.3, -0.25) is 9.59 Å². The highest BCUT2D eigenvalue weighted by Crippen LogP contribution is 2.53. The Hall–Kier alpha value is -2.94. The number of amides is 2. The van der Waals surface area contributed by atoms with E-state index in [1.807, 2.05) is 18.2 Å². The molecule has 1 aromatic heterocycles. The summed E-state index contributed by atoms with van der Waals surface area (Å²) in [4.78, 5) is 33.9. The Labute approximate surface area is 190 Å². The van der Waals surface area contributed by atoms with E-state index in [-0.39, 0.29) is 34.8 Å². The second-order valence-corrected chi connectivity index (χ2v) is 9.07. The molecular weight excluding hydrogens is 435 g/mol. The second-order valence-electron chi connectivity index (χ2n) is 8.73. The van der Waals surface area contributed by atoms with E-state index in [2.05, 4.69) is 15.3 Å². The maximum atomic E-state index is 14.3. The molecule has 1 unspecified atom stereocenters. The summed E-state index contributed by atoms with van der Waals surface area (Å²) >= 11 is 5.83. The number of fused-ring (bicyclic) bond motifs is 2. The fourth-order valence-corrected chi connectivity index (χ4v) is 5.55. The number of benzene rings is 1. The number of nitrogens with one attached hydrogen (secondary N) is 1. The molecule has 10 heteroatoms. The van der Waals surface area contributed by atoms with Gasteiger partial charge in [0.1, 0.15) is 0 Å². The third kappa shape index (κ3) is 4.48. The molecule has 2 fully saturated rings. The van der Waals surface area contributed by atoms with E-state index in [0.717, 1.165) is 24.6 Å². The van der Waals surface area contributed by atoms with Crippen molar-refractivity contribution in [3.8, 4) is 0 Å². The maximum Gasteiger partial charge on any atom is 0.224 e. The summed E-state index contributed by atoms with van der Waals surface area (Å²) in [5, 5.41) is 2.98. The Kier molecular flexibility index (Phi) is 6.19. The highest BCUT2D eigenvalue weighted by molar-refractivity contribution is 6.28. The molecule has 0 saturated heterocycles. The van der Waals surface area contributed by atoms with Gasteiger partial charge in [0.05, 0.1) is 12.1 Å². The molecule has 2 saturated carbocycles. The largest absolute Gasteiger partial charge is 0.399 e. The van der Waals surface area contributed by atoms with Crippen LogP contribution in [0.5, 0.6) is 0 Å². The van der Waals surface area contributed by atoms with Crippen LogP contribution in [0.2, 0.25) is 5.28 Å². The Morgan fingerprint density at radius 1 is 1.34 bits per heavy atom.